The standard InChI is InChI=1S/C10H11ClF3N/c1-9(2,10(12,13)14)8-4-3-7(5-11)6-15-8/h3-4,6H,5H2,1-2H3. The van der Waals surface area contributed by atoms with E-state index in [1.54, 1.807) is 6.07 Å². The van der Waals surface area contributed by atoms with Gasteiger partial charge in [-0.1, -0.05) is 6.07 Å². The van der Waals surface area contributed by atoms with Crippen LogP contribution < -0.4 is 0 Å². The molecule has 0 saturated carbocycles. The zero-order valence-electron chi connectivity index (χ0n) is 8.40. The zero-order valence-corrected chi connectivity index (χ0v) is 9.15. The van der Waals surface area contributed by atoms with Crippen molar-refractivity contribution in [3.63, 3.8) is 0 Å². The van der Waals surface area contributed by atoms with Gasteiger partial charge in [-0.25, -0.2) is 0 Å². The minimum absolute atomic E-state index is 0.00358. The molecule has 0 N–H and O–H groups in total. The maximum Gasteiger partial charge on any atom is 0.399 e. The van der Waals surface area contributed by atoms with Gasteiger partial charge >= 0.3 is 6.18 Å². The number of hydrogen-bond donors (Lipinski definition) is 0. The lowest BCUT2D eigenvalue weighted by atomic mass is 9.88. The average Bonchev–Trinajstić information content (AvgIpc) is 2.16. The highest BCUT2D eigenvalue weighted by Crippen LogP contribution is 2.39. The molecule has 1 aromatic heterocycles. The molecule has 0 atom stereocenters. The number of aromatic nitrogens is 1. The molecule has 84 valence electrons. The Morgan fingerprint density at radius 2 is 1.87 bits per heavy atom. The summed E-state index contributed by atoms with van der Waals surface area (Å²) in [6.45, 7) is 2.21. The second kappa shape index (κ2) is 4.00. The molecule has 1 rings (SSSR count). The molecule has 0 saturated heterocycles. The van der Waals surface area contributed by atoms with Crippen molar-refractivity contribution in [3.8, 4) is 0 Å². The summed E-state index contributed by atoms with van der Waals surface area (Å²) in [7, 11) is 0. The fourth-order valence-electron chi connectivity index (χ4n) is 1.02. The highest BCUT2D eigenvalue weighted by atomic mass is 35.5. The predicted octanol–water partition coefficient (Wildman–Crippen LogP) is 3.66. The summed E-state index contributed by atoms with van der Waals surface area (Å²) in [6.07, 6.45) is -2.93. The van der Waals surface area contributed by atoms with Gasteiger partial charge < -0.3 is 0 Å². The van der Waals surface area contributed by atoms with Crippen LogP contribution in [-0.2, 0) is 11.3 Å². The molecule has 0 amide bonds. The Labute approximate surface area is 91.3 Å². The molecule has 0 unspecified atom stereocenters. The molecule has 0 aromatic carbocycles. The van der Waals surface area contributed by atoms with Gasteiger partial charge in [0.1, 0.15) is 5.41 Å². The molecule has 1 nitrogen and oxygen atoms in total. The first-order valence-corrected chi connectivity index (χ1v) is 4.90. The van der Waals surface area contributed by atoms with Crippen LogP contribution in [0.1, 0.15) is 25.1 Å². The third-order valence-corrected chi connectivity index (χ3v) is 2.64. The molecule has 0 aliphatic heterocycles. The summed E-state index contributed by atoms with van der Waals surface area (Å²) in [4.78, 5) is 3.78. The fourth-order valence-corrected chi connectivity index (χ4v) is 1.18. The minimum atomic E-state index is -4.30. The van der Waals surface area contributed by atoms with Crippen molar-refractivity contribution in [2.24, 2.45) is 0 Å². The van der Waals surface area contributed by atoms with Gasteiger partial charge in [0.15, 0.2) is 0 Å². The molecule has 0 aliphatic carbocycles. The van der Waals surface area contributed by atoms with E-state index in [-0.39, 0.29) is 11.6 Å². The van der Waals surface area contributed by atoms with Crippen molar-refractivity contribution in [2.75, 3.05) is 0 Å². The number of pyridine rings is 1. The van der Waals surface area contributed by atoms with Gasteiger partial charge in [-0.05, 0) is 25.5 Å². The summed E-state index contributed by atoms with van der Waals surface area (Å²) < 4.78 is 37.9. The van der Waals surface area contributed by atoms with Gasteiger partial charge in [0, 0.05) is 12.1 Å². The zero-order chi connectivity index (χ0) is 11.7. The van der Waals surface area contributed by atoms with Gasteiger partial charge in [0.05, 0.1) is 5.69 Å². The number of alkyl halides is 4. The van der Waals surface area contributed by atoms with Crippen LogP contribution in [0.25, 0.3) is 0 Å². The Morgan fingerprint density at radius 3 is 2.20 bits per heavy atom. The average molecular weight is 238 g/mol. The highest BCUT2D eigenvalue weighted by molar-refractivity contribution is 6.17. The molecule has 0 spiro atoms. The van der Waals surface area contributed by atoms with E-state index in [2.05, 4.69) is 4.98 Å². The normalized spacial score (nSPS) is 12.9. The van der Waals surface area contributed by atoms with E-state index in [0.29, 0.717) is 5.56 Å². The first kappa shape index (κ1) is 12.3. The van der Waals surface area contributed by atoms with Crippen molar-refractivity contribution in [2.45, 2.75) is 31.3 Å². The first-order chi connectivity index (χ1) is 6.79. The van der Waals surface area contributed by atoms with Crippen LogP contribution in [0.15, 0.2) is 18.3 Å². The summed E-state index contributed by atoms with van der Waals surface area (Å²) in [5.74, 6) is 0.250. The molecule has 15 heavy (non-hydrogen) atoms. The van der Waals surface area contributed by atoms with Crippen LogP contribution >= 0.6 is 11.6 Å². The molecule has 1 heterocycles. The number of halogens is 4. The van der Waals surface area contributed by atoms with Crippen molar-refractivity contribution in [3.05, 3.63) is 29.6 Å². The monoisotopic (exact) mass is 237 g/mol. The van der Waals surface area contributed by atoms with Gasteiger partial charge in [0.25, 0.3) is 0 Å². The van der Waals surface area contributed by atoms with E-state index in [4.69, 9.17) is 11.6 Å². The maximum atomic E-state index is 12.6. The Hall–Kier alpha value is -0.770. The van der Waals surface area contributed by atoms with Gasteiger partial charge in [-0.15, -0.1) is 11.6 Å². The number of rotatable bonds is 2. The maximum absolute atomic E-state index is 12.6. The van der Waals surface area contributed by atoms with Crippen LogP contribution in [0, 0.1) is 0 Å². The lowest BCUT2D eigenvalue weighted by molar-refractivity contribution is -0.181. The molecular weight excluding hydrogens is 227 g/mol. The van der Waals surface area contributed by atoms with Crippen LogP contribution in [0.2, 0.25) is 0 Å². The highest BCUT2D eigenvalue weighted by Gasteiger charge is 2.49. The van der Waals surface area contributed by atoms with Gasteiger partial charge in [-0.3, -0.25) is 4.98 Å². The number of nitrogens with zero attached hydrogens (tertiary/aromatic N) is 1. The topological polar surface area (TPSA) is 12.9 Å². The van der Waals surface area contributed by atoms with Crippen molar-refractivity contribution in [1.82, 2.24) is 4.98 Å². The van der Waals surface area contributed by atoms with Crippen LogP contribution in [0.3, 0.4) is 0 Å². The molecular formula is C10H11ClF3N. The van der Waals surface area contributed by atoms with Crippen LogP contribution in [0.5, 0.6) is 0 Å². The van der Waals surface area contributed by atoms with Gasteiger partial charge in [-0.2, -0.15) is 13.2 Å². The molecule has 0 bridgehead atoms. The molecule has 0 radical (unpaired) electrons. The predicted molar refractivity (Wildman–Crippen MR) is 52.9 cm³/mol. The molecule has 0 aliphatic rings. The lowest BCUT2D eigenvalue weighted by Crippen LogP contribution is -2.37. The Bertz CT molecular complexity index is 330. The SMILES string of the molecule is CC(C)(c1ccc(CCl)cn1)C(F)(F)F. The third kappa shape index (κ3) is 2.43. The first-order valence-electron chi connectivity index (χ1n) is 4.37. The van der Waals surface area contributed by atoms with E-state index in [1.807, 2.05) is 0 Å². The van der Waals surface area contributed by atoms with Crippen molar-refractivity contribution >= 4 is 11.6 Å². The number of hydrogen-bond acceptors (Lipinski definition) is 1. The third-order valence-electron chi connectivity index (χ3n) is 2.33. The van der Waals surface area contributed by atoms with E-state index >= 15 is 0 Å². The molecule has 1 aromatic rings. The summed E-state index contributed by atoms with van der Waals surface area (Å²) in [5.41, 5.74) is -1.22. The quantitative estimate of drug-likeness (QED) is 0.716. The summed E-state index contributed by atoms with van der Waals surface area (Å²) in [6, 6.07) is 2.92. The van der Waals surface area contributed by atoms with E-state index < -0.39 is 11.6 Å². The molecule has 0 fully saturated rings. The Morgan fingerprint density at radius 1 is 1.27 bits per heavy atom. The fraction of sp³-hybridized carbons (Fsp3) is 0.500. The summed E-state index contributed by atoms with van der Waals surface area (Å²) >= 11 is 5.52. The van der Waals surface area contributed by atoms with E-state index in [0.717, 1.165) is 13.8 Å². The van der Waals surface area contributed by atoms with Crippen LogP contribution in [-0.4, -0.2) is 11.2 Å². The second-order valence-corrected chi connectivity index (χ2v) is 4.08. The lowest BCUT2D eigenvalue weighted by Gasteiger charge is -2.27. The second-order valence-electron chi connectivity index (χ2n) is 3.81. The van der Waals surface area contributed by atoms with Crippen molar-refractivity contribution in [1.29, 1.82) is 0 Å². The van der Waals surface area contributed by atoms with Crippen molar-refractivity contribution < 1.29 is 13.2 Å². The molecule has 5 heteroatoms. The minimum Gasteiger partial charge on any atom is -0.260 e. The van der Waals surface area contributed by atoms with E-state index in [1.165, 1.54) is 12.3 Å². The van der Waals surface area contributed by atoms with Crippen LogP contribution in [0.4, 0.5) is 13.2 Å². The largest absolute Gasteiger partial charge is 0.399 e. The Kier molecular flexibility index (Phi) is 3.28. The summed E-state index contributed by atoms with van der Waals surface area (Å²) in [5, 5.41) is 0. The smallest absolute Gasteiger partial charge is 0.260 e. The Balaban J connectivity index is 3.06. The van der Waals surface area contributed by atoms with Gasteiger partial charge in [0.2, 0.25) is 0 Å². The van der Waals surface area contributed by atoms with E-state index in [9.17, 15) is 13.2 Å².